The minimum Gasteiger partial charge on any atom is -0.495 e. The summed E-state index contributed by atoms with van der Waals surface area (Å²) in [4.78, 5) is 0. The minimum absolute atomic E-state index is 0.852. The molecule has 0 atom stereocenters. The first-order valence-corrected chi connectivity index (χ1v) is 5.52. The number of methoxy groups -OCH3 is 1. The van der Waals surface area contributed by atoms with E-state index in [-0.39, 0.29) is 0 Å². The van der Waals surface area contributed by atoms with Crippen LogP contribution in [0.1, 0.15) is 0 Å². The normalized spacial score (nSPS) is 10.6. The summed E-state index contributed by atoms with van der Waals surface area (Å²) >= 11 is 0. The number of hydrogen-bond acceptors (Lipinski definition) is 1. The molecule has 0 bridgehead atoms. The van der Waals surface area contributed by atoms with Gasteiger partial charge in [-0.15, -0.1) is 0 Å². The number of rotatable bonds is 2. The van der Waals surface area contributed by atoms with Gasteiger partial charge in [-0.25, -0.2) is 0 Å². The minimum atomic E-state index is 0.852. The van der Waals surface area contributed by atoms with Gasteiger partial charge in [-0.3, -0.25) is 0 Å². The van der Waals surface area contributed by atoms with Gasteiger partial charge in [0.25, 0.3) is 0 Å². The predicted octanol–water partition coefficient (Wildman–Crippen LogP) is 3.44. The molecule has 3 aromatic rings. The Kier molecular flexibility index (Phi) is 2.33. The standard InChI is InChI=1S/C15H12NO/c1-17-15-9-5-4-8-14(15)16-11-10-12-6-2-3-7-13(12)16/h2-10H,1H3. The van der Waals surface area contributed by atoms with Crippen molar-refractivity contribution in [2.45, 2.75) is 0 Å². The van der Waals surface area contributed by atoms with Crippen molar-refractivity contribution in [3.05, 3.63) is 60.8 Å². The molecule has 1 heterocycles. The Morgan fingerprint density at radius 3 is 2.65 bits per heavy atom. The van der Waals surface area contributed by atoms with Crippen LogP contribution in [0.2, 0.25) is 0 Å². The van der Waals surface area contributed by atoms with E-state index in [9.17, 15) is 0 Å². The zero-order valence-corrected chi connectivity index (χ0v) is 9.55. The van der Waals surface area contributed by atoms with Gasteiger partial charge < -0.3 is 9.30 Å². The van der Waals surface area contributed by atoms with Gasteiger partial charge >= 0.3 is 0 Å². The van der Waals surface area contributed by atoms with Crippen LogP contribution in [0.3, 0.4) is 0 Å². The fraction of sp³-hybridized carbons (Fsp3) is 0.0667. The lowest BCUT2D eigenvalue weighted by atomic mass is 10.2. The second-order valence-electron chi connectivity index (χ2n) is 3.84. The van der Waals surface area contributed by atoms with E-state index in [0.29, 0.717) is 0 Å². The molecule has 83 valence electrons. The molecule has 0 amide bonds. The third-order valence-corrected chi connectivity index (χ3v) is 2.85. The zero-order valence-electron chi connectivity index (χ0n) is 9.55. The van der Waals surface area contributed by atoms with Crippen LogP contribution in [0.25, 0.3) is 16.6 Å². The molecular formula is C15H12NO. The lowest BCUT2D eigenvalue weighted by Crippen LogP contribution is -1.96. The van der Waals surface area contributed by atoms with Crippen molar-refractivity contribution in [3.8, 4) is 11.4 Å². The number of fused-ring (bicyclic) bond motifs is 1. The molecule has 1 aromatic heterocycles. The van der Waals surface area contributed by atoms with E-state index in [0.717, 1.165) is 17.0 Å². The zero-order chi connectivity index (χ0) is 11.7. The molecule has 0 aliphatic rings. The van der Waals surface area contributed by atoms with Gasteiger partial charge in [-0.2, -0.15) is 0 Å². The molecule has 0 N–H and O–H groups in total. The van der Waals surface area contributed by atoms with E-state index in [2.05, 4.69) is 18.3 Å². The Labute approximate surface area is 100 Å². The van der Waals surface area contributed by atoms with Crippen LogP contribution < -0.4 is 4.74 Å². The SMILES string of the molecule is COc1ccccc1-n1[c]cc2ccccc21. The number of para-hydroxylation sites is 3. The molecule has 1 radical (unpaired) electrons. The van der Waals surface area contributed by atoms with Crippen molar-refractivity contribution in [3.63, 3.8) is 0 Å². The van der Waals surface area contributed by atoms with Gasteiger partial charge in [0, 0.05) is 5.39 Å². The van der Waals surface area contributed by atoms with Crippen molar-refractivity contribution in [1.82, 2.24) is 4.57 Å². The van der Waals surface area contributed by atoms with E-state index in [1.54, 1.807) is 7.11 Å². The van der Waals surface area contributed by atoms with Crippen LogP contribution in [0.5, 0.6) is 5.75 Å². The van der Waals surface area contributed by atoms with Gasteiger partial charge in [0.05, 0.1) is 24.5 Å². The molecule has 0 saturated carbocycles. The molecule has 0 aliphatic heterocycles. The summed E-state index contributed by atoms with van der Waals surface area (Å²) < 4.78 is 7.40. The van der Waals surface area contributed by atoms with Crippen LogP contribution >= 0.6 is 0 Å². The average Bonchev–Trinajstić information content (AvgIpc) is 2.82. The number of nitrogens with zero attached hydrogens (tertiary/aromatic N) is 1. The highest BCUT2D eigenvalue weighted by Gasteiger charge is 2.07. The summed E-state index contributed by atoms with van der Waals surface area (Å²) in [7, 11) is 1.69. The molecule has 0 fully saturated rings. The summed E-state index contributed by atoms with van der Waals surface area (Å²) in [6, 6.07) is 18.2. The van der Waals surface area contributed by atoms with Gasteiger partial charge in [0.15, 0.2) is 0 Å². The highest BCUT2D eigenvalue weighted by molar-refractivity contribution is 5.82. The topological polar surface area (TPSA) is 14.2 Å². The van der Waals surface area contributed by atoms with E-state index in [4.69, 9.17) is 4.74 Å². The molecule has 3 rings (SSSR count). The second-order valence-corrected chi connectivity index (χ2v) is 3.84. The van der Waals surface area contributed by atoms with Gasteiger partial charge in [-0.1, -0.05) is 30.3 Å². The van der Waals surface area contributed by atoms with Crippen molar-refractivity contribution in [2.75, 3.05) is 7.11 Å². The Hall–Kier alpha value is -2.22. The fourth-order valence-electron chi connectivity index (χ4n) is 2.03. The number of hydrogen-bond donors (Lipinski definition) is 0. The van der Waals surface area contributed by atoms with Crippen LogP contribution in [0.4, 0.5) is 0 Å². The predicted molar refractivity (Wildman–Crippen MR) is 68.7 cm³/mol. The monoisotopic (exact) mass is 222 g/mol. The van der Waals surface area contributed by atoms with Gasteiger partial charge in [0.2, 0.25) is 0 Å². The third-order valence-electron chi connectivity index (χ3n) is 2.85. The summed E-state index contributed by atoms with van der Waals surface area (Å²) in [5.41, 5.74) is 2.15. The third kappa shape index (κ3) is 1.58. The summed E-state index contributed by atoms with van der Waals surface area (Å²) in [6.45, 7) is 0. The molecule has 0 spiro atoms. The maximum Gasteiger partial charge on any atom is 0.142 e. The molecule has 0 aliphatic carbocycles. The molecular weight excluding hydrogens is 210 g/mol. The van der Waals surface area contributed by atoms with Gasteiger partial charge in [0.1, 0.15) is 5.75 Å². The molecule has 0 saturated heterocycles. The van der Waals surface area contributed by atoms with Crippen molar-refractivity contribution in [2.24, 2.45) is 0 Å². The Bertz CT molecular complexity index is 655. The first kappa shape index (κ1) is 9.97. The first-order valence-electron chi connectivity index (χ1n) is 5.52. The van der Waals surface area contributed by atoms with E-state index >= 15 is 0 Å². The number of ether oxygens (including phenoxy) is 1. The quantitative estimate of drug-likeness (QED) is 0.648. The van der Waals surface area contributed by atoms with E-state index in [1.807, 2.05) is 47.0 Å². The lowest BCUT2D eigenvalue weighted by Gasteiger charge is -2.09. The highest BCUT2D eigenvalue weighted by Crippen LogP contribution is 2.26. The van der Waals surface area contributed by atoms with Crippen LogP contribution in [-0.2, 0) is 0 Å². The largest absolute Gasteiger partial charge is 0.495 e. The Morgan fingerprint density at radius 2 is 1.76 bits per heavy atom. The summed E-state index contributed by atoms with van der Waals surface area (Å²) in [6.07, 6.45) is 3.24. The van der Waals surface area contributed by atoms with Crippen molar-refractivity contribution in [1.29, 1.82) is 0 Å². The Morgan fingerprint density at radius 1 is 1.00 bits per heavy atom. The summed E-state index contributed by atoms with van der Waals surface area (Å²) in [5, 5.41) is 1.18. The smallest absolute Gasteiger partial charge is 0.142 e. The summed E-state index contributed by atoms with van der Waals surface area (Å²) in [5.74, 6) is 0.852. The van der Waals surface area contributed by atoms with Gasteiger partial charge in [-0.05, 0) is 24.3 Å². The maximum absolute atomic E-state index is 5.38. The molecule has 2 heteroatoms. The average molecular weight is 222 g/mol. The second kappa shape index (κ2) is 3.98. The van der Waals surface area contributed by atoms with E-state index in [1.165, 1.54) is 5.39 Å². The van der Waals surface area contributed by atoms with Crippen LogP contribution in [0.15, 0.2) is 54.6 Å². The Balaban J connectivity index is 2.27. The number of benzene rings is 2. The highest BCUT2D eigenvalue weighted by atomic mass is 16.5. The molecule has 0 unspecified atom stereocenters. The van der Waals surface area contributed by atoms with Crippen LogP contribution in [0, 0.1) is 6.20 Å². The molecule has 2 nitrogen and oxygen atoms in total. The fourth-order valence-corrected chi connectivity index (χ4v) is 2.03. The number of aromatic nitrogens is 1. The first-order chi connectivity index (χ1) is 8.40. The maximum atomic E-state index is 5.38. The van der Waals surface area contributed by atoms with Crippen LogP contribution in [-0.4, -0.2) is 11.7 Å². The molecule has 2 aromatic carbocycles. The van der Waals surface area contributed by atoms with Crippen molar-refractivity contribution < 1.29 is 4.74 Å². The van der Waals surface area contributed by atoms with Crippen molar-refractivity contribution >= 4 is 10.9 Å². The molecule has 17 heavy (non-hydrogen) atoms. The lowest BCUT2D eigenvalue weighted by molar-refractivity contribution is 0.413. The van der Waals surface area contributed by atoms with E-state index < -0.39 is 0 Å².